The van der Waals surface area contributed by atoms with E-state index in [9.17, 15) is 0 Å². The van der Waals surface area contributed by atoms with Crippen molar-refractivity contribution in [2.45, 2.75) is 30.7 Å². The van der Waals surface area contributed by atoms with Crippen LogP contribution in [0.2, 0.25) is 0 Å². The summed E-state index contributed by atoms with van der Waals surface area (Å²) in [4.78, 5) is 0. The van der Waals surface area contributed by atoms with Gasteiger partial charge in [0, 0.05) is 31.1 Å². The van der Waals surface area contributed by atoms with Crippen molar-refractivity contribution < 1.29 is 0 Å². The molecule has 0 bridgehead atoms. The molecule has 0 saturated heterocycles. The van der Waals surface area contributed by atoms with E-state index < -0.39 is 0 Å². The Balaban J connectivity index is 1.82. The van der Waals surface area contributed by atoms with Gasteiger partial charge in [0.05, 0.1) is 5.69 Å². The van der Waals surface area contributed by atoms with Crippen molar-refractivity contribution in [3.05, 3.63) is 47.8 Å². The second-order valence-electron chi connectivity index (χ2n) is 5.45. The van der Waals surface area contributed by atoms with Gasteiger partial charge in [0.1, 0.15) is 0 Å². The third-order valence-electron chi connectivity index (χ3n) is 4.22. The van der Waals surface area contributed by atoms with Gasteiger partial charge in [0.25, 0.3) is 0 Å². The van der Waals surface area contributed by atoms with Gasteiger partial charge >= 0.3 is 0 Å². The Kier molecular flexibility index (Phi) is 3.11. The summed E-state index contributed by atoms with van der Waals surface area (Å²) in [6.07, 6.45) is 5.44. The van der Waals surface area contributed by atoms with Crippen LogP contribution in [0.3, 0.4) is 0 Å². The number of benzene rings is 1. The topological polar surface area (TPSA) is 42.7 Å². The monoisotopic (exact) mass is 256 g/mol. The van der Waals surface area contributed by atoms with Crippen molar-refractivity contribution in [2.75, 3.05) is 7.05 Å². The first kappa shape index (κ1) is 12.4. The van der Waals surface area contributed by atoms with Gasteiger partial charge in [-0.05, 0) is 25.5 Å². The fraction of sp³-hybridized carbons (Fsp3) is 0.467. The van der Waals surface area contributed by atoms with Gasteiger partial charge in [-0.1, -0.05) is 35.5 Å². The molecule has 19 heavy (non-hydrogen) atoms. The summed E-state index contributed by atoms with van der Waals surface area (Å²) < 4.78 is 1.77. The SMILES string of the molecule is CNC(Cc1cn(C)nn1)C1(c2ccccc2)CC1. The predicted octanol–water partition coefficient (Wildman–Crippen LogP) is 1.68. The molecule has 1 fully saturated rings. The largest absolute Gasteiger partial charge is 0.316 e. The summed E-state index contributed by atoms with van der Waals surface area (Å²) in [5.74, 6) is 0. The molecule has 1 aromatic carbocycles. The molecule has 0 spiro atoms. The lowest BCUT2D eigenvalue weighted by Crippen LogP contribution is -2.39. The first-order valence-electron chi connectivity index (χ1n) is 6.82. The summed E-state index contributed by atoms with van der Waals surface area (Å²) in [5, 5.41) is 11.7. The first-order valence-corrected chi connectivity index (χ1v) is 6.82. The number of aryl methyl sites for hydroxylation is 1. The second kappa shape index (κ2) is 4.78. The molecule has 0 radical (unpaired) electrons. The lowest BCUT2D eigenvalue weighted by atomic mass is 9.85. The van der Waals surface area contributed by atoms with Crippen LogP contribution in [-0.4, -0.2) is 28.1 Å². The number of likely N-dealkylation sites (N-methyl/N-ethyl adjacent to an activating group) is 1. The lowest BCUT2D eigenvalue weighted by molar-refractivity contribution is 0.439. The first-order chi connectivity index (χ1) is 9.24. The molecule has 1 aromatic heterocycles. The van der Waals surface area contributed by atoms with E-state index in [0.717, 1.165) is 12.1 Å². The van der Waals surface area contributed by atoms with Gasteiger partial charge in [-0.15, -0.1) is 5.10 Å². The molecular weight excluding hydrogens is 236 g/mol. The van der Waals surface area contributed by atoms with Gasteiger partial charge in [0.2, 0.25) is 0 Å². The molecule has 2 aromatic rings. The van der Waals surface area contributed by atoms with E-state index in [0.29, 0.717) is 6.04 Å². The van der Waals surface area contributed by atoms with Gasteiger partial charge < -0.3 is 5.32 Å². The molecule has 1 aliphatic rings. The number of hydrogen-bond acceptors (Lipinski definition) is 3. The maximum absolute atomic E-state index is 4.21. The maximum Gasteiger partial charge on any atom is 0.0842 e. The Morgan fingerprint density at radius 1 is 1.32 bits per heavy atom. The molecule has 1 heterocycles. The summed E-state index contributed by atoms with van der Waals surface area (Å²) in [6, 6.07) is 11.2. The van der Waals surface area contributed by atoms with Crippen molar-refractivity contribution in [1.29, 1.82) is 0 Å². The van der Waals surface area contributed by atoms with Crippen LogP contribution in [-0.2, 0) is 18.9 Å². The molecule has 3 rings (SSSR count). The van der Waals surface area contributed by atoms with E-state index in [1.54, 1.807) is 4.68 Å². The van der Waals surface area contributed by atoms with E-state index in [-0.39, 0.29) is 5.41 Å². The van der Waals surface area contributed by atoms with Crippen LogP contribution < -0.4 is 5.32 Å². The van der Waals surface area contributed by atoms with Crippen LogP contribution in [0.4, 0.5) is 0 Å². The Morgan fingerprint density at radius 3 is 2.58 bits per heavy atom. The van der Waals surface area contributed by atoms with E-state index in [1.807, 2.05) is 20.3 Å². The smallest absolute Gasteiger partial charge is 0.0842 e. The van der Waals surface area contributed by atoms with E-state index in [4.69, 9.17) is 0 Å². The minimum atomic E-state index is 0.285. The van der Waals surface area contributed by atoms with Gasteiger partial charge in [-0.3, -0.25) is 4.68 Å². The number of aromatic nitrogens is 3. The summed E-state index contributed by atoms with van der Waals surface area (Å²) in [5.41, 5.74) is 2.79. The standard InChI is InChI=1S/C15H20N4/c1-16-14(10-13-11-19(2)18-17-13)15(8-9-15)12-6-4-3-5-7-12/h3-7,11,14,16H,8-10H2,1-2H3. The average molecular weight is 256 g/mol. The van der Waals surface area contributed by atoms with Crippen LogP contribution in [0.25, 0.3) is 0 Å². The highest BCUT2D eigenvalue weighted by atomic mass is 15.4. The average Bonchev–Trinajstić information content (AvgIpc) is 3.15. The van der Waals surface area contributed by atoms with Crippen molar-refractivity contribution in [1.82, 2.24) is 20.3 Å². The Hall–Kier alpha value is -1.68. The minimum Gasteiger partial charge on any atom is -0.316 e. The molecule has 1 aliphatic carbocycles. The quantitative estimate of drug-likeness (QED) is 0.885. The predicted molar refractivity (Wildman–Crippen MR) is 74.9 cm³/mol. The number of nitrogens with one attached hydrogen (secondary N) is 1. The van der Waals surface area contributed by atoms with Crippen LogP contribution in [0.5, 0.6) is 0 Å². The molecule has 0 amide bonds. The van der Waals surface area contributed by atoms with E-state index >= 15 is 0 Å². The molecule has 1 atom stereocenters. The number of nitrogens with zero attached hydrogens (tertiary/aromatic N) is 3. The summed E-state index contributed by atoms with van der Waals surface area (Å²) in [6.45, 7) is 0. The highest BCUT2D eigenvalue weighted by Gasteiger charge is 2.50. The maximum atomic E-state index is 4.21. The van der Waals surface area contributed by atoms with E-state index in [2.05, 4.69) is 46.0 Å². The zero-order chi connectivity index (χ0) is 13.3. The fourth-order valence-electron chi connectivity index (χ4n) is 3.01. The highest BCUT2D eigenvalue weighted by molar-refractivity contribution is 5.34. The van der Waals surface area contributed by atoms with Crippen LogP contribution in [0, 0.1) is 0 Å². The molecule has 4 nitrogen and oxygen atoms in total. The number of hydrogen-bond donors (Lipinski definition) is 1. The highest BCUT2D eigenvalue weighted by Crippen LogP contribution is 2.51. The molecular formula is C15H20N4. The normalized spacial score (nSPS) is 18.2. The fourth-order valence-corrected chi connectivity index (χ4v) is 3.01. The summed E-state index contributed by atoms with van der Waals surface area (Å²) >= 11 is 0. The van der Waals surface area contributed by atoms with E-state index in [1.165, 1.54) is 18.4 Å². The van der Waals surface area contributed by atoms with Crippen molar-refractivity contribution in [2.24, 2.45) is 7.05 Å². The van der Waals surface area contributed by atoms with Gasteiger partial charge in [0.15, 0.2) is 0 Å². The van der Waals surface area contributed by atoms with Crippen molar-refractivity contribution in [3.8, 4) is 0 Å². The lowest BCUT2D eigenvalue weighted by Gasteiger charge is -2.26. The molecule has 100 valence electrons. The molecule has 1 N–H and O–H groups in total. The molecule has 4 heteroatoms. The molecule has 0 aliphatic heterocycles. The zero-order valence-corrected chi connectivity index (χ0v) is 11.5. The Labute approximate surface area is 113 Å². The minimum absolute atomic E-state index is 0.285. The summed E-state index contributed by atoms with van der Waals surface area (Å²) in [7, 11) is 3.96. The third-order valence-corrected chi connectivity index (χ3v) is 4.22. The van der Waals surface area contributed by atoms with Crippen LogP contribution >= 0.6 is 0 Å². The molecule has 1 saturated carbocycles. The number of rotatable bonds is 5. The zero-order valence-electron chi connectivity index (χ0n) is 11.5. The molecule has 1 unspecified atom stereocenters. The van der Waals surface area contributed by atoms with Crippen molar-refractivity contribution in [3.63, 3.8) is 0 Å². The Morgan fingerprint density at radius 2 is 2.05 bits per heavy atom. The van der Waals surface area contributed by atoms with Crippen LogP contribution in [0.15, 0.2) is 36.5 Å². The van der Waals surface area contributed by atoms with Gasteiger partial charge in [-0.25, -0.2) is 0 Å². The third kappa shape index (κ3) is 2.28. The Bertz CT molecular complexity index is 542. The van der Waals surface area contributed by atoms with Crippen LogP contribution in [0.1, 0.15) is 24.1 Å². The van der Waals surface area contributed by atoms with Gasteiger partial charge in [-0.2, -0.15) is 0 Å². The van der Waals surface area contributed by atoms with Crippen molar-refractivity contribution >= 4 is 0 Å². The second-order valence-corrected chi connectivity index (χ2v) is 5.45.